The lowest BCUT2D eigenvalue weighted by molar-refractivity contribution is 0.122. The van der Waals surface area contributed by atoms with Gasteiger partial charge >= 0.3 is 0 Å². The minimum atomic E-state index is 0.455. The van der Waals surface area contributed by atoms with E-state index in [4.69, 9.17) is 19.2 Å². The molecule has 2 aromatic heterocycles. The molecular formula is C23H25N7O3. The first-order chi connectivity index (χ1) is 16.2. The Morgan fingerprint density at radius 2 is 1.55 bits per heavy atom. The zero-order valence-corrected chi connectivity index (χ0v) is 18.5. The molecule has 1 fully saturated rings. The van der Waals surface area contributed by atoms with Gasteiger partial charge in [0.25, 0.3) is 0 Å². The van der Waals surface area contributed by atoms with Crippen LogP contribution < -0.4 is 25.0 Å². The van der Waals surface area contributed by atoms with Gasteiger partial charge in [-0.25, -0.2) is 0 Å². The second-order valence-corrected chi connectivity index (χ2v) is 7.47. The van der Waals surface area contributed by atoms with E-state index in [-0.39, 0.29) is 0 Å². The van der Waals surface area contributed by atoms with Crippen molar-refractivity contribution in [2.75, 3.05) is 56.1 Å². The third-order valence-electron chi connectivity index (χ3n) is 5.30. The molecule has 1 aliphatic heterocycles. The van der Waals surface area contributed by atoms with Gasteiger partial charge in [-0.3, -0.25) is 0 Å². The molecular weight excluding hydrogens is 422 g/mol. The number of benzene rings is 2. The maximum absolute atomic E-state index is 5.53. The van der Waals surface area contributed by atoms with Gasteiger partial charge < -0.3 is 34.7 Å². The average Bonchev–Trinajstić information content (AvgIpc) is 3.26. The first kappa shape index (κ1) is 20.8. The van der Waals surface area contributed by atoms with Crippen LogP contribution >= 0.6 is 0 Å². The highest BCUT2D eigenvalue weighted by Gasteiger charge is 2.20. The van der Waals surface area contributed by atoms with Crippen LogP contribution in [0.1, 0.15) is 0 Å². The van der Waals surface area contributed by atoms with E-state index >= 15 is 0 Å². The predicted molar refractivity (Wildman–Crippen MR) is 127 cm³/mol. The maximum atomic E-state index is 5.53. The van der Waals surface area contributed by atoms with Crippen LogP contribution in [0.15, 0.2) is 48.5 Å². The second-order valence-electron chi connectivity index (χ2n) is 7.47. The van der Waals surface area contributed by atoms with Gasteiger partial charge in [0.2, 0.25) is 11.9 Å². The molecule has 10 heteroatoms. The summed E-state index contributed by atoms with van der Waals surface area (Å²) in [5.74, 6) is 3.31. The minimum Gasteiger partial charge on any atom is -0.497 e. The van der Waals surface area contributed by atoms with Gasteiger partial charge in [-0.1, -0.05) is 12.1 Å². The molecule has 2 aromatic carbocycles. The van der Waals surface area contributed by atoms with E-state index in [1.54, 1.807) is 14.2 Å². The van der Waals surface area contributed by atoms with Crippen LogP contribution in [0.25, 0.3) is 11.2 Å². The van der Waals surface area contributed by atoms with Crippen LogP contribution in [0.5, 0.6) is 11.5 Å². The van der Waals surface area contributed by atoms with E-state index in [2.05, 4.69) is 30.5 Å². The lowest BCUT2D eigenvalue weighted by atomic mass is 10.3. The van der Waals surface area contributed by atoms with Crippen molar-refractivity contribution in [3.05, 3.63) is 48.5 Å². The molecule has 5 rings (SSSR count). The number of rotatable bonds is 7. The number of imidazole rings is 1. The zero-order chi connectivity index (χ0) is 22.6. The highest BCUT2D eigenvalue weighted by molar-refractivity contribution is 5.87. The van der Waals surface area contributed by atoms with Gasteiger partial charge in [0.1, 0.15) is 17.0 Å². The maximum Gasteiger partial charge on any atom is 0.231 e. The highest BCUT2D eigenvalue weighted by Crippen LogP contribution is 2.29. The van der Waals surface area contributed by atoms with Crippen molar-refractivity contribution in [3.8, 4) is 11.5 Å². The van der Waals surface area contributed by atoms with Gasteiger partial charge in [-0.15, -0.1) is 0 Å². The number of aromatic nitrogens is 4. The summed E-state index contributed by atoms with van der Waals surface area (Å²) in [6.07, 6.45) is 0. The zero-order valence-electron chi connectivity index (χ0n) is 18.5. The van der Waals surface area contributed by atoms with Crippen LogP contribution in [-0.4, -0.2) is 60.5 Å². The average molecular weight is 447 g/mol. The van der Waals surface area contributed by atoms with E-state index in [1.807, 2.05) is 48.5 Å². The molecule has 0 unspecified atom stereocenters. The molecule has 0 spiro atoms. The number of ether oxygens (including phenoxy) is 3. The highest BCUT2D eigenvalue weighted by atomic mass is 16.5. The summed E-state index contributed by atoms with van der Waals surface area (Å²) >= 11 is 0. The van der Waals surface area contributed by atoms with Gasteiger partial charge in [-0.2, -0.15) is 15.0 Å². The third-order valence-corrected chi connectivity index (χ3v) is 5.30. The Morgan fingerprint density at radius 1 is 0.879 bits per heavy atom. The van der Waals surface area contributed by atoms with Gasteiger partial charge in [0.15, 0.2) is 11.5 Å². The summed E-state index contributed by atoms with van der Waals surface area (Å²) in [6, 6.07) is 15.3. The van der Waals surface area contributed by atoms with Crippen molar-refractivity contribution in [2.24, 2.45) is 0 Å². The number of nitrogens with zero attached hydrogens (tertiary/aromatic N) is 4. The van der Waals surface area contributed by atoms with Crippen molar-refractivity contribution in [1.29, 1.82) is 0 Å². The summed E-state index contributed by atoms with van der Waals surface area (Å²) in [5.41, 5.74) is 3.00. The lowest BCUT2D eigenvalue weighted by Gasteiger charge is -2.28. The first-order valence-electron chi connectivity index (χ1n) is 10.6. The monoisotopic (exact) mass is 447 g/mol. The summed E-state index contributed by atoms with van der Waals surface area (Å²) in [5, 5.41) is 6.56. The normalized spacial score (nSPS) is 13.7. The Morgan fingerprint density at radius 3 is 2.21 bits per heavy atom. The topological polar surface area (TPSA) is 109 Å². The standard InChI is InChI=1S/C23H25N7O3/c1-31-17-7-3-5-15(13-17)24-22-26-19-20(27-22)28-23(25-16-6-4-8-18(14-16)32-2)29-21(19)30-9-11-33-12-10-30/h3-8,13-14H,9-12H2,1-2H3,(H3,24,25,26,27,28,29). The second kappa shape index (κ2) is 9.21. The lowest BCUT2D eigenvalue weighted by Crippen LogP contribution is -2.37. The van der Waals surface area contributed by atoms with Gasteiger partial charge in [-0.05, 0) is 24.3 Å². The van der Waals surface area contributed by atoms with E-state index in [0.29, 0.717) is 30.8 Å². The molecule has 10 nitrogen and oxygen atoms in total. The van der Waals surface area contributed by atoms with E-state index in [1.165, 1.54) is 0 Å². The molecule has 0 amide bonds. The largest absolute Gasteiger partial charge is 0.497 e. The molecule has 3 heterocycles. The number of hydrogen-bond acceptors (Lipinski definition) is 9. The van der Waals surface area contributed by atoms with Crippen molar-refractivity contribution in [3.63, 3.8) is 0 Å². The molecule has 170 valence electrons. The van der Waals surface area contributed by atoms with Crippen LogP contribution in [-0.2, 0) is 4.74 Å². The fourth-order valence-corrected chi connectivity index (χ4v) is 3.67. The van der Waals surface area contributed by atoms with E-state index in [9.17, 15) is 0 Å². The van der Waals surface area contributed by atoms with Crippen LogP contribution in [0.2, 0.25) is 0 Å². The van der Waals surface area contributed by atoms with Crippen molar-refractivity contribution in [1.82, 2.24) is 19.9 Å². The Hall–Kier alpha value is -4.05. The van der Waals surface area contributed by atoms with Crippen molar-refractivity contribution >= 4 is 40.3 Å². The summed E-state index contributed by atoms with van der Waals surface area (Å²) in [7, 11) is 3.28. The first-order valence-corrected chi connectivity index (χ1v) is 10.6. The number of anilines is 5. The number of H-pyrrole nitrogens is 1. The fourth-order valence-electron chi connectivity index (χ4n) is 3.67. The number of morpholine rings is 1. The molecule has 4 aromatic rings. The Bertz CT molecular complexity index is 1250. The SMILES string of the molecule is COc1cccc(Nc2nc(N3CCOCC3)c3[nH]c(Nc4cccc(OC)c4)nc3n2)c1. The molecule has 3 N–H and O–H groups in total. The Balaban J connectivity index is 1.51. The van der Waals surface area contributed by atoms with Crippen molar-refractivity contribution in [2.45, 2.75) is 0 Å². The molecule has 0 atom stereocenters. The van der Waals surface area contributed by atoms with Crippen LogP contribution in [0.4, 0.5) is 29.1 Å². The molecule has 33 heavy (non-hydrogen) atoms. The fraction of sp³-hybridized carbons (Fsp3) is 0.261. The number of methoxy groups -OCH3 is 2. The predicted octanol–water partition coefficient (Wildman–Crippen LogP) is 3.69. The Kier molecular flexibility index (Phi) is 5.81. The third kappa shape index (κ3) is 4.60. The molecule has 1 saturated heterocycles. The minimum absolute atomic E-state index is 0.455. The molecule has 0 saturated carbocycles. The van der Waals surface area contributed by atoms with E-state index < -0.39 is 0 Å². The van der Waals surface area contributed by atoms with Crippen LogP contribution in [0, 0.1) is 0 Å². The number of nitrogens with one attached hydrogen (secondary N) is 3. The summed E-state index contributed by atoms with van der Waals surface area (Å²) in [4.78, 5) is 19.7. The summed E-state index contributed by atoms with van der Waals surface area (Å²) < 4.78 is 16.2. The van der Waals surface area contributed by atoms with Gasteiger partial charge in [0, 0.05) is 36.6 Å². The Labute approximate surface area is 190 Å². The number of hydrogen-bond donors (Lipinski definition) is 3. The molecule has 0 radical (unpaired) electrons. The molecule has 1 aliphatic rings. The number of aromatic amines is 1. The summed E-state index contributed by atoms with van der Waals surface area (Å²) in [6.45, 7) is 2.77. The quantitative estimate of drug-likeness (QED) is 0.391. The van der Waals surface area contributed by atoms with Crippen molar-refractivity contribution < 1.29 is 14.2 Å². The smallest absolute Gasteiger partial charge is 0.231 e. The van der Waals surface area contributed by atoms with Crippen LogP contribution in [0.3, 0.4) is 0 Å². The molecule has 0 aliphatic carbocycles. The van der Waals surface area contributed by atoms with Gasteiger partial charge in [0.05, 0.1) is 27.4 Å². The number of fused-ring (bicyclic) bond motifs is 1. The van der Waals surface area contributed by atoms with E-state index in [0.717, 1.165) is 47.3 Å². The molecule has 0 bridgehead atoms.